The van der Waals surface area contributed by atoms with Crippen molar-refractivity contribution in [1.82, 2.24) is 7.96 Å². The van der Waals surface area contributed by atoms with Gasteiger partial charge in [-0.25, -0.2) is 0 Å². The monoisotopic (exact) mass is 1710 g/mol. The van der Waals surface area contributed by atoms with Crippen LogP contribution >= 0.6 is 0 Å². The zero-order valence-corrected chi connectivity index (χ0v) is 76.2. The second kappa shape index (κ2) is 50.2. The molecule has 3 aromatic rings. The van der Waals surface area contributed by atoms with E-state index in [4.69, 9.17) is 12.0 Å². The topological polar surface area (TPSA) is 62.0 Å². The molecule has 0 spiro atoms. The van der Waals surface area contributed by atoms with Crippen molar-refractivity contribution in [3.8, 4) is 11.1 Å². The van der Waals surface area contributed by atoms with Crippen LogP contribution in [0.3, 0.4) is 0 Å². The Kier molecular flexibility index (Phi) is 44.3. The number of nitrogens with zero attached hydrogens (tertiary/aromatic N) is 3. The Morgan fingerprint density at radius 3 is 1.01 bits per heavy atom. The van der Waals surface area contributed by atoms with Crippen LogP contribution in [-0.4, -0.2) is 87.3 Å². The molecule has 8 heteroatoms. The summed E-state index contributed by atoms with van der Waals surface area (Å²) in [5.74, 6) is 0. The van der Waals surface area contributed by atoms with Crippen LogP contribution < -0.4 is 3.58 Å². The number of allylic oxidation sites excluding steroid dienone is 4. The van der Waals surface area contributed by atoms with Crippen LogP contribution in [-0.2, 0) is 10.8 Å². The summed E-state index contributed by atoms with van der Waals surface area (Å²) in [4.78, 5) is 7.98. The van der Waals surface area contributed by atoms with Crippen molar-refractivity contribution >= 4 is 99.6 Å². The standard InChI is InChI=1S/C76H121N4Se2.3C4H9.3CH3.2Sn/c1-5-9-13-17-21-25-29-33-37-41-45-49-57-75(58-50-46-42-38-34-30-26-22-18-14-10-6-2)65-53-55-69(77)73(78-81)71(65)63-61-68-64(62-67(63)75)72-66(54-56-70-74(72)80-82-79-70)76(68,59-51-47-43-39-35-31-27-23-19-15-11-7-3)60-52-48-44-40-36-32-28-24-20-16-12-8-4;3*1-3-4-2;;;;;/h53-54,61-62,77H,5-52,57-60H2,1-4H3;3*1,3-4H2,2H3;3*1H3;;/b77-69?,78-73+;;;;;;;;. The third-order valence-electron chi connectivity index (χ3n) is 24.9. The molecule has 4 nitrogen and oxygen atoms in total. The third kappa shape index (κ3) is 26.7. The molecular weight excluding hydrogens is 1540 g/mol. The maximum absolute atomic E-state index is 10.9. The summed E-state index contributed by atoms with van der Waals surface area (Å²) in [5.41, 5.74) is 16.7. The van der Waals surface area contributed by atoms with Crippen LogP contribution in [0.5, 0.6) is 0 Å². The Bertz CT molecular complexity index is 2720. The Hall–Kier alpha value is -0.504. The molecule has 0 aliphatic heterocycles. The molecule has 2 aromatic carbocycles. The van der Waals surface area contributed by atoms with Gasteiger partial charge in [0.1, 0.15) is 0 Å². The number of unbranched alkanes of at least 4 members (excludes halogenated alkanes) is 47. The summed E-state index contributed by atoms with van der Waals surface area (Å²) in [6.45, 7) is 16.7. The predicted octanol–water partition coefficient (Wildman–Crippen LogP) is 29.7. The van der Waals surface area contributed by atoms with E-state index in [1.165, 1.54) is 413 Å². The Morgan fingerprint density at radius 1 is 0.374 bits per heavy atom. The van der Waals surface area contributed by atoms with Crippen molar-refractivity contribution in [3.63, 3.8) is 0 Å². The van der Waals surface area contributed by atoms with Gasteiger partial charge in [0.15, 0.2) is 0 Å². The molecule has 6 rings (SSSR count). The summed E-state index contributed by atoms with van der Waals surface area (Å²) in [6.07, 6.45) is 81.8. The average Bonchev–Trinajstić information content (AvgIpc) is 1.52. The third-order valence-corrected chi connectivity index (χ3v) is 47.7. The minimum atomic E-state index is -3.24. The predicted molar refractivity (Wildman–Crippen MR) is 451 cm³/mol. The molecule has 99 heavy (non-hydrogen) atoms. The molecule has 3 aliphatic carbocycles. The van der Waals surface area contributed by atoms with Gasteiger partial charge in [-0.05, 0) is 0 Å². The molecular formula is C91H157N4Se2Sn2. The summed E-state index contributed by atoms with van der Waals surface area (Å²) in [5, 5.41) is 10.9. The van der Waals surface area contributed by atoms with Crippen molar-refractivity contribution in [1.29, 1.82) is 5.41 Å². The van der Waals surface area contributed by atoms with Gasteiger partial charge >= 0.3 is 487 Å². The number of fused-ring (bicyclic) bond motifs is 7. The fraction of sp³-hybridized carbons (Fsp3) is 0.802. The van der Waals surface area contributed by atoms with E-state index in [1.54, 1.807) is 35.0 Å². The van der Waals surface area contributed by atoms with Gasteiger partial charge in [-0.2, -0.15) is 0 Å². The van der Waals surface area contributed by atoms with Crippen molar-refractivity contribution in [2.75, 3.05) is 0 Å². The molecule has 1 N–H and O–H groups in total. The van der Waals surface area contributed by atoms with Crippen LogP contribution in [0.1, 0.15) is 443 Å². The van der Waals surface area contributed by atoms with Crippen LogP contribution in [0.25, 0.3) is 27.7 Å². The Labute approximate surface area is 637 Å². The van der Waals surface area contributed by atoms with Gasteiger partial charge in [0.2, 0.25) is 0 Å². The smallest absolute Gasteiger partial charge is 0.0654 e. The van der Waals surface area contributed by atoms with Gasteiger partial charge in [0.05, 0.1) is 0 Å². The zero-order chi connectivity index (χ0) is 70.9. The van der Waals surface area contributed by atoms with E-state index in [-0.39, 0.29) is 25.8 Å². The molecule has 1 heterocycles. The first-order valence-corrected chi connectivity index (χ1v) is 64.0. The van der Waals surface area contributed by atoms with Gasteiger partial charge in [0.25, 0.3) is 0 Å². The molecule has 0 fully saturated rings. The number of benzene rings is 2. The van der Waals surface area contributed by atoms with Gasteiger partial charge < -0.3 is 0 Å². The quantitative estimate of drug-likeness (QED) is 0.0348. The van der Waals surface area contributed by atoms with Gasteiger partial charge in [-0.15, -0.1) is 0 Å². The van der Waals surface area contributed by atoms with E-state index in [9.17, 15) is 5.41 Å². The van der Waals surface area contributed by atoms with E-state index in [1.807, 2.05) is 0 Å². The molecule has 0 saturated carbocycles. The normalized spacial score (nSPS) is 15.3. The molecule has 3 aliphatic rings. The summed E-state index contributed by atoms with van der Waals surface area (Å²) >= 11 is -2.75. The SMILES string of the molecule is CCCCCCCCCCCCCCC1(CCCCCCCCCCCCCC)C2=C(/C(=N/[Se])C(=N)[C]([Sn]([CH2]CCC)([CH2]CCC)[CH2]CCC)=C2)c2cc3c(cc21)-c1c(c[c]([Sn]([CH3])([CH3])[CH3])c2n[se]nc12)C3(CCCCCCCCCCCCCC)CCCCCCCCCCCCCC. The summed E-state index contributed by atoms with van der Waals surface area (Å²) in [6, 6.07) is 8.64. The van der Waals surface area contributed by atoms with Crippen LogP contribution in [0.2, 0.25) is 28.1 Å². The van der Waals surface area contributed by atoms with Gasteiger partial charge in [-0.3, -0.25) is 0 Å². The molecule has 0 atom stereocenters. The number of hydrogen-bond acceptors (Lipinski definition) is 4. The average molecular weight is 1700 g/mol. The first-order valence-electron chi connectivity index (χ1n) is 44.2. The van der Waals surface area contributed by atoms with E-state index >= 15 is 0 Å². The summed E-state index contributed by atoms with van der Waals surface area (Å²) in [7, 11) is 0. The van der Waals surface area contributed by atoms with Crippen molar-refractivity contribution in [3.05, 3.63) is 55.7 Å². The minimum absolute atomic E-state index is 0.0788. The molecule has 1 aromatic heterocycles. The molecule has 561 valence electrons. The van der Waals surface area contributed by atoms with E-state index in [2.05, 4.69) is 104 Å². The van der Waals surface area contributed by atoms with E-state index < -0.39 is 36.8 Å². The van der Waals surface area contributed by atoms with Crippen molar-refractivity contribution in [2.24, 2.45) is 4.01 Å². The number of hydrogen-bond donors (Lipinski definition) is 1. The van der Waals surface area contributed by atoms with Gasteiger partial charge in [0, 0.05) is 0 Å². The second-order valence-corrected chi connectivity index (χ2v) is 63.0. The number of aromatic nitrogens is 2. The molecule has 0 bridgehead atoms. The first kappa shape index (κ1) is 87.4. The molecule has 0 amide bonds. The number of nitrogens with one attached hydrogen (secondary N) is 1. The molecule has 1 radical (unpaired) electrons. The fourth-order valence-corrected chi connectivity index (χ4v) is 41.5. The van der Waals surface area contributed by atoms with E-state index in [0.29, 0.717) is 0 Å². The summed E-state index contributed by atoms with van der Waals surface area (Å²) < 4.78 is 24.0. The second-order valence-electron chi connectivity index (χ2n) is 34.0. The molecule has 0 unspecified atom stereocenters. The fourth-order valence-electron chi connectivity index (χ4n) is 18.8. The zero-order valence-electron chi connectivity index (χ0n) is 67.1. The van der Waals surface area contributed by atoms with Crippen molar-refractivity contribution in [2.45, 2.75) is 460 Å². The van der Waals surface area contributed by atoms with E-state index in [0.717, 1.165) is 11.4 Å². The first-order chi connectivity index (χ1) is 48.4. The minimum Gasteiger partial charge on any atom is -0.0654 e. The van der Waals surface area contributed by atoms with Crippen molar-refractivity contribution < 1.29 is 0 Å². The van der Waals surface area contributed by atoms with Gasteiger partial charge in [-0.1, -0.05) is 156 Å². The maximum atomic E-state index is 10.9. The molecule has 0 saturated heterocycles. The Balaban J connectivity index is 1.52. The Morgan fingerprint density at radius 2 is 0.677 bits per heavy atom. The van der Waals surface area contributed by atoms with Crippen LogP contribution in [0.15, 0.2) is 37.4 Å². The number of rotatable bonds is 63. The van der Waals surface area contributed by atoms with Crippen LogP contribution in [0.4, 0.5) is 0 Å². The van der Waals surface area contributed by atoms with Crippen LogP contribution in [0, 0.1) is 5.41 Å².